The lowest BCUT2D eigenvalue weighted by Gasteiger charge is -2.35. The lowest BCUT2D eigenvalue weighted by molar-refractivity contribution is 0.0383. The Morgan fingerprint density at radius 1 is 1.06 bits per heavy atom. The molecule has 1 saturated heterocycles. The van der Waals surface area contributed by atoms with Gasteiger partial charge in [-0.05, 0) is 42.7 Å². The molecule has 1 amide bonds. The largest absolute Gasteiger partial charge is 0.493 e. The molecule has 7 heteroatoms. The standard InChI is InChI=1S/C28H35N3O4/c1-33-25-17-22-21-5-3-4-6-24(21)30-27(23(22)18-26(25)34-2)19-7-9-20(10-8-19)28(32)29-11-12-31-13-15-35-16-14-31/h7-10,17-18,21,24H,3-6,11-16H2,1-2H3,(H,29,32)/t21-,24-/m1/s1. The van der Waals surface area contributed by atoms with Crippen LogP contribution in [0, 0.1) is 0 Å². The number of rotatable bonds is 7. The molecule has 2 fully saturated rings. The summed E-state index contributed by atoms with van der Waals surface area (Å²) in [7, 11) is 3.35. The van der Waals surface area contributed by atoms with Crippen LogP contribution in [0.15, 0.2) is 41.4 Å². The van der Waals surface area contributed by atoms with Gasteiger partial charge in [0.2, 0.25) is 0 Å². The van der Waals surface area contributed by atoms with E-state index in [1.807, 2.05) is 24.3 Å². The molecule has 0 spiro atoms. The maximum absolute atomic E-state index is 12.7. The zero-order valence-corrected chi connectivity index (χ0v) is 20.7. The van der Waals surface area contributed by atoms with Gasteiger partial charge < -0.3 is 19.5 Å². The molecule has 7 nitrogen and oxygen atoms in total. The fourth-order valence-corrected chi connectivity index (χ4v) is 5.53. The molecule has 2 aromatic rings. The highest BCUT2D eigenvalue weighted by molar-refractivity contribution is 6.15. The molecule has 2 atom stereocenters. The second kappa shape index (κ2) is 10.8. The van der Waals surface area contributed by atoms with Crippen molar-refractivity contribution in [2.45, 2.75) is 37.6 Å². The van der Waals surface area contributed by atoms with Crippen LogP contribution in [0.3, 0.4) is 0 Å². The van der Waals surface area contributed by atoms with E-state index in [0.717, 1.165) is 68.3 Å². The van der Waals surface area contributed by atoms with Crippen LogP contribution in [0.5, 0.6) is 11.5 Å². The van der Waals surface area contributed by atoms with E-state index < -0.39 is 0 Å². The van der Waals surface area contributed by atoms with Crippen LogP contribution in [0.1, 0.15) is 58.6 Å². The second-order valence-electron chi connectivity index (χ2n) is 9.52. The minimum Gasteiger partial charge on any atom is -0.493 e. The molecule has 5 rings (SSSR count). The first-order chi connectivity index (χ1) is 17.2. The average Bonchev–Trinajstić information content (AvgIpc) is 2.92. The van der Waals surface area contributed by atoms with E-state index in [0.29, 0.717) is 23.8 Å². The van der Waals surface area contributed by atoms with Gasteiger partial charge in [-0.15, -0.1) is 0 Å². The van der Waals surface area contributed by atoms with Gasteiger partial charge in [0, 0.05) is 48.8 Å². The molecule has 1 N–H and O–H groups in total. The van der Waals surface area contributed by atoms with Gasteiger partial charge in [0.25, 0.3) is 5.91 Å². The number of methoxy groups -OCH3 is 2. The number of ether oxygens (including phenoxy) is 3. The maximum Gasteiger partial charge on any atom is 0.251 e. The summed E-state index contributed by atoms with van der Waals surface area (Å²) in [6, 6.07) is 12.3. The Hall–Kier alpha value is -2.90. The van der Waals surface area contributed by atoms with Gasteiger partial charge in [0.1, 0.15) is 0 Å². The minimum absolute atomic E-state index is 0.0467. The van der Waals surface area contributed by atoms with E-state index in [4.69, 9.17) is 19.2 Å². The minimum atomic E-state index is -0.0467. The topological polar surface area (TPSA) is 72.4 Å². The summed E-state index contributed by atoms with van der Waals surface area (Å²) >= 11 is 0. The number of fused-ring (bicyclic) bond motifs is 3. The van der Waals surface area contributed by atoms with Crippen LogP contribution in [-0.4, -0.2) is 76.2 Å². The van der Waals surface area contributed by atoms with Gasteiger partial charge in [-0.1, -0.05) is 25.0 Å². The third-order valence-electron chi connectivity index (χ3n) is 7.47. The van der Waals surface area contributed by atoms with Crippen molar-refractivity contribution in [3.8, 4) is 11.5 Å². The van der Waals surface area contributed by atoms with Crippen molar-refractivity contribution in [1.82, 2.24) is 10.2 Å². The van der Waals surface area contributed by atoms with Crippen LogP contribution in [0.25, 0.3) is 0 Å². The summed E-state index contributed by atoms with van der Waals surface area (Å²) in [5.74, 6) is 1.85. The summed E-state index contributed by atoms with van der Waals surface area (Å²) in [5, 5.41) is 3.04. The normalized spacial score (nSPS) is 21.9. The first-order valence-corrected chi connectivity index (χ1v) is 12.7. The quantitative estimate of drug-likeness (QED) is 0.659. The van der Waals surface area contributed by atoms with Gasteiger partial charge in [-0.2, -0.15) is 0 Å². The highest BCUT2D eigenvalue weighted by Crippen LogP contribution is 2.44. The summed E-state index contributed by atoms with van der Waals surface area (Å²) in [5.41, 5.74) is 5.06. The SMILES string of the molecule is COc1cc2c(cc1OC)[C@H]1CCCC[C@H]1N=C2c1ccc(C(=O)NCCN2CCOCC2)cc1. The lowest BCUT2D eigenvalue weighted by Crippen LogP contribution is -2.41. The number of nitrogens with zero attached hydrogens (tertiary/aromatic N) is 2. The fourth-order valence-electron chi connectivity index (χ4n) is 5.53. The van der Waals surface area contributed by atoms with Crippen molar-refractivity contribution >= 4 is 11.6 Å². The number of hydrogen-bond donors (Lipinski definition) is 1. The van der Waals surface area contributed by atoms with E-state index in [1.54, 1.807) is 14.2 Å². The average molecular weight is 478 g/mol. The molecule has 1 saturated carbocycles. The van der Waals surface area contributed by atoms with E-state index in [2.05, 4.69) is 22.3 Å². The van der Waals surface area contributed by atoms with Crippen LogP contribution in [-0.2, 0) is 4.74 Å². The van der Waals surface area contributed by atoms with E-state index >= 15 is 0 Å². The second-order valence-corrected chi connectivity index (χ2v) is 9.52. The molecule has 1 aliphatic carbocycles. The number of amides is 1. The van der Waals surface area contributed by atoms with E-state index in [1.165, 1.54) is 18.4 Å². The Bertz CT molecular complexity index is 1080. The van der Waals surface area contributed by atoms with Crippen molar-refractivity contribution in [3.63, 3.8) is 0 Å². The summed E-state index contributed by atoms with van der Waals surface area (Å²) < 4.78 is 16.6. The van der Waals surface area contributed by atoms with Crippen molar-refractivity contribution in [2.24, 2.45) is 4.99 Å². The Balaban J connectivity index is 1.35. The molecule has 0 aromatic heterocycles. The number of carbonyl (C=O) groups is 1. The van der Waals surface area contributed by atoms with Crippen molar-refractivity contribution in [3.05, 3.63) is 58.7 Å². The molecule has 0 bridgehead atoms. The predicted molar refractivity (Wildman–Crippen MR) is 136 cm³/mol. The number of aliphatic imine (C=N–C) groups is 1. The zero-order valence-electron chi connectivity index (χ0n) is 20.7. The first kappa shape index (κ1) is 23.8. The van der Waals surface area contributed by atoms with Gasteiger partial charge in [0.05, 0.1) is 39.2 Å². The van der Waals surface area contributed by atoms with Crippen LogP contribution in [0.2, 0.25) is 0 Å². The summed E-state index contributed by atoms with van der Waals surface area (Å²) in [6.07, 6.45) is 4.69. The molecule has 0 unspecified atom stereocenters. The van der Waals surface area contributed by atoms with E-state index in [-0.39, 0.29) is 11.9 Å². The Kier molecular flexibility index (Phi) is 7.35. The number of nitrogens with one attached hydrogen (secondary N) is 1. The van der Waals surface area contributed by atoms with Crippen molar-refractivity contribution in [2.75, 3.05) is 53.6 Å². The third-order valence-corrected chi connectivity index (χ3v) is 7.47. The number of morpholine rings is 1. The molecule has 3 aliphatic rings. The predicted octanol–water partition coefficient (Wildman–Crippen LogP) is 3.64. The lowest BCUT2D eigenvalue weighted by atomic mass is 9.75. The van der Waals surface area contributed by atoms with Crippen LogP contribution >= 0.6 is 0 Å². The van der Waals surface area contributed by atoms with Gasteiger partial charge in [-0.3, -0.25) is 14.7 Å². The third kappa shape index (κ3) is 5.07. The Morgan fingerprint density at radius 2 is 1.77 bits per heavy atom. The van der Waals surface area contributed by atoms with Crippen molar-refractivity contribution in [1.29, 1.82) is 0 Å². The van der Waals surface area contributed by atoms with Gasteiger partial charge >= 0.3 is 0 Å². The molecule has 35 heavy (non-hydrogen) atoms. The molecule has 2 aliphatic heterocycles. The highest BCUT2D eigenvalue weighted by Gasteiger charge is 2.34. The van der Waals surface area contributed by atoms with Crippen LogP contribution < -0.4 is 14.8 Å². The molecule has 2 aromatic carbocycles. The summed E-state index contributed by atoms with van der Waals surface area (Å²) in [4.78, 5) is 20.2. The van der Waals surface area contributed by atoms with Gasteiger partial charge in [-0.25, -0.2) is 0 Å². The molecular weight excluding hydrogens is 442 g/mol. The molecule has 186 valence electrons. The highest BCUT2D eigenvalue weighted by atomic mass is 16.5. The van der Waals surface area contributed by atoms with Gasteiger partial charge in [0.15, 0.2) is 11.5 Å². The smallest absolute Gasteiger partial charge is 0.251 e. The molecular formula is C28H35N3O4. The Morgan fingerprint density at radius 3 is 2.51 bits per heavy atom. The van der Waals surface area contributed by atoms with E-state index in [9.17, 15) is 4.79 Å². The monoisotopic (exact) mass is 477 g/mol. The van der Waals surface area contributed by atoms with Crippen LogP contribution in [0.4, 0.5) is 0 Å². The number of carbonyl (C=O) groups excluding carboxylic acids is 1. The Labute approximate surface area is 207 Å². The maximum atomic E-state index is 12.7. The molecule has 0 radical (unpaired) electrons. The molecule has 2 heterocycles. The summed E-state index contributed by atoms with van der Waals surface area (Å²) in [6.45, 7) is 4.85. The number of hydrogen-bond acceptors (Lipinski definition) is 6. The first-order valence-electron chi connectivity index (χ1n) is 12.7. The fraction of sp³-hybridized carbons (Fsp3) is 0.500. The van der Waals surface area contributed by atoms with Crippen molar-refractivity contribution < 1.29 is 19.0 Å². The zero-order chi connectivity index (χ0) is 24.2. The number of benzene rings is 2.